The number of hydrogen-bond donors (Lipinski definition) is 1. The topological polar surface area (TPSA) is 80.3 Å². The van der Waals surface area contributed by atoms with E-state index >= 15 is 0 Å². The molecular formula is C20H20N4O2+2. The first-order chi connectivity index (χ1) is 12.7. The van der Waals surface area contributed by atoms with Crippen molar-refractivity contribution in [2.75, 3.05) is 0 Å². The van der Waals surface area contributed by atoms with Crippen LogP contribution in [0.5, 0.6) is 0 Å². The maximum absolute atomic E-state index is 11.3. The zero-order valence-corrected chi connectivity index (χ0v) is 14.3. The first-order valence-electron chi connectivity index (χ1n) is 8.29. The molecule has 0 saturated heterocycles. The molecule has 1 aromatic carbocycles. The summed E-state index contributed by atoms with van der Waals surface area (Å²) in [6, 6.07) is 17.4. The first kappa shape index (κ1) is 17.4. The average molecular weight is 348 g/mol. The first-order valence-corrected chi connectivity index (χ1v) is 8.29. The van der Waals surface area contributed by atoms with Crippen molar-refractivity contribution < 1.29 is 13.9 Å². The summed E-state index contributed by atoms with van der Waals surface area (Å²) in [6.07, 6.45) is 5.59. The Morgan fingerprint density at radius 3 is 2.54 bits per heavy atom. The van der Waals surface area contributed by atoms with Crippen molar-refractivity contribution in [1.82, 2.24) is 0 Å². The van der Waals surface area contributed by atoms with Gasteiger partial charge in [0.15, 0.2) is 38.2 Å². The van der Waals surface area contributed by atoms with E-state index in [4.69, 9.17) is 5.73 Å². The van der Waals surface area contributed by atoms with Gasteiger partial charge >= 0.3 is 0 Å². The molecule has 0 radical (unpaired) electrons. The Morgan fingerprint density at radius 2 is 1.77 bits per heavy atom. The monoisotopic (exact) mass is 348 g/mol. The van der Waals surface area contributed by atoms with Gasteiger partial charge in [-0.3, -0.25) is 4.79 Å². The highest BCUT2D eigenvalue weighted by molar-refractivity contribution is 5.92. The molecule has 0 bridgehead atoms. The van der Waals surface area contributed by atoms with Crippen LogP contribution in [-0.2, 0) is 19.6 Å². The van der Waals surface area contributed by atoms with Crippen molar-refractivity contribution in [2.24, 2.45) is 10.9 Å². The molecule has 0 aliphatic heterocycles. The number of benzene rings is 1. The zero-order chi connectivity index (χ0) is 18.4. The molecule has 0 fully saturated rings. The van der Waals surface area contributed by atoms with Gasteiger partial charge in [0.1, 0.15) is 5.56 Å². The van der Waals surface area contributed by atoms with Crippen molar-refractivity contribution >= 4 is 5.91 Å². The SMILES string of the molecule is NC(=O)c1ccc[n+](Cc2cccc(C[n+]3ccccc3CN=O)c2)c1. The number of hydrogen-bond acceptors (Lipinski definition) is 3. The molecule has 0 saturated carbocycles. The molecule has 0 aliphatic carbocycles. The van der Waals surface area contributed by atoms with Crippen molar-refractivity contribution in [1.29, 1.82) is 0 Å². The van der Waals surface area contributed by atoms with E-state index in [1.54, 1.807) is 12.3 Å². The minimum absolute atomic E-state index is 0.149. The Morgan fingerprint density at radius 1 is 0.962 bits per heavy atom. The summed E-state index contributed by atoms with van der Waals surface area (Å²) >= 11 is 0. The quantitative estimate of drug-likeness (QED) is 0.521. The zero-order valence-electron chi connectivity index (χ0n) is 14.3. The molecule has 0 spiro atoms. The van der Waals surface area contributed by atoms with Crippen LogP contribution in [-0.4, -0.2) is 5.91 Å². The van der Waals surface area contributed by atoms with Crippen LogP contribution in [0.4, 0.5) is 0 Å². The molecule has 0 atom stereocenters. The number of rotatable bonds is 7. The Balaban J connectivity index is 1.80. The van der Waals surface area contributed by atoms with Crippen molar-refractivity contribution in [2.45, 2.75) is 19.6 Å². The van der Waals surface area contributed by atoms with Gasteiger partial charge in [0.2, 0.25) is 5.69 Å². The van der Waals surface area contributed by atoms with E-state index in [0.717, 1.165) is 16.8 Å². The lowest BCUT2D eigenvalue weighted by Gasteiger charge is -2.04. The van der Waals surface area contributed by atoms with Gasteiger partial charge in [-0.15, -0.1) is 0 Å². The Hall–Kier alpha value is -3.41. The number of nitrogens with two attached hydrogens (primary N) is 1. The molecule has 3 aromatic rings. The van der Waals surface area contributed by atoms with Gasteiger partial charge in [0.25, 0.3) is 5.91 Å². The van der Waals surface area contributed by atoms with Gasteiger partial charge in [0.05, 0.1) is 0 Å². The molecule has 0 aliphatic rings. The molecule has 130 valence electrons. The molecule has 1 amide bonds. The van der Waals surface area contributed by atoms with E-state index in [2.05, 4.69) is 11.2 Å². The summed E-state index contributed by atoms with van der Waals surface area (Å²) in [4.78, 5) is 21.9. The third-order valence-corrected chi connectivity index (χ3v) is 4.11. The molecule has 2 N–H and O–H groups in total. The van der Waals surface area contributed by atoms with Crippen molar-refractivity contribution in [3.8, 4) is 0 Å². The van der Waals surface area contributed by atoms with Crippen LogP contribution in [0.25, 0.3) is 0 Å². The molecule has 2 aromatic heterocycles. The molecule has 0 unspecified atom stereocenters. The minimum Gasteiger partial charge on any atom is -0.365 e. The second kappa shape index (κ2) is 8.11. The van der Waals surface area contributed by atoms with E-state index in [1.165, 1.54) is 0 Å². The molecular weight excluding hydrogens is 328 g/mol. The number of primary amides is 1. The van der Waals surface area contributed by atoms with Gasteiger partial charge in [-0.1, -0.05) is 29.4 Å². The fourth-order valence-corrected chi connectivity index (χ4v) is 2.88. The third-order valence-electron chi connectivity index (χ3n) is 4.11. The standard InChI is InChI=1S/C20H19N4O2/c21-20(25)18-7-4-9-23(15-18)13-16-5-3-6-17(11-16)14-24-10-2-1-8-19(24)12-22-26/h1-11,15H,12-14H2,(H-,21,25)/q+1/p+1. The van der Waals surface area contributed by atoms with Gasteiger partial charge in [-0.2, -0.15) is 14.0 Å². The fourth-order valence-electron chi connectivity index (χ4n) is 2.88. The highest BCUT2D eigenvalue weighted by atomic mass is 16.3. The summed E-state index contributed by atoms with van der Waals surface area (Å²) < 4.78 is 3.94. The van der Waals surface area contributed by atoms with Crippen molar-refractivity contribution in [3.63, 3.8) is 0 Å². The lowest BCUT2D eigenvalue weighted by molar-refractivity contribution is -0.695. The van der Waals surface area contributed by atoms with Crippen LogP contribution in [0.1, 0.15) is 27.2 Å². The summed E-state index contributed by atoms with van der Waals surface area (Å²) in [6.45, 7) is 1.44. The van der Waals surface area contributed by atoms with Crippen LogP contribution in [0, 0.1) is 4.91 Å². The number of amides is 1. The summed E-state index contributed by atoms with van der Waals surface area (Å²) in [5.74, 6) is -0.440. The Bertz CT molecular complexity index is 940. The van der Waals surface area contributed by atoms with Crippen LogP contribution >= 0.6 is 0 Å². The third kappa shape index (κ3) is 4.36. The van der Waals surface area contributed by atoms with Crippen LogP contribution < -0.4 is 14.9 Å². The van der Waals surface area contributed by atoms with Gasteiger partial charge in [0, 0.05) is 29.3 Å². The summed E-state index contributed by atoms with van der Waals surface area (Å²) in [7, 11) is 0. The second-order valence-corrected chi connectivity index (χ2v) is 6.06. The van der Waals surface area contributed by atoms with Crippen LogP contribution in [0.3, 0.4) is 0 Å². The normalized spacial score (nSPS) is 10.5. The van der Waals surface area contributed by atoms with Gasteiger partial charge < -0.3 is 5.73 Å². The number of aromatic nitrogens is 2. The Kier molecular flexibility index (Phi) is 5.43. The van der Waals surface area contributed by atoms with Gasteiger partial charge in [-0.05, 0) is 12.1 Å². The van der Waals surface area contributed by atoms with Crippen LogP contribution in [0.15, 0.2) is 78.4 Å². The number of nitrogens with zero attached hydrogens (tertiary/aromatic N) is 3. The second-order valence-electron chi connectivity index (χ2n) is 6.06. The van der Waals surface area contributed by atoms with Crippen molar-refractivity contribution in [3.05, 3.63) is 100 Å². The van der Waals surface area contributed by atoms with E-state index < -0.39 is 5.91 Å². The predicted octanol–water partition coefficient (Wildman–Crippen LogP) is 1.72. The van der Waals surface area contributed by atoms with E-state index in [0.29, 0.717) is 18.7 Å². The lowest BCUT2D eigenvalue weighted by Crippen LogP contribution is -2.38. The molecule has 26 heavy (non-hydrogen) atoms. The highest BCUT2D eigenvalue weighted by Crippen LogP contribution is 2.06. The number of carbonyl (C=O) groups excluding carboxylic acids is 1. The predicted molar refractivity (Wildman–Crippen MR) is 95.9 cm³/mol. The lowest BCUT2D eigenvalue weighted by atomic mass is 10.1. The fraction of sp³-hybridized carbons (Fsp3) is 0.150. The number of pyridine rings is 2. The van der Waals surface area contributed by atoms with E-state index in [1.807, 2.05) is 64.0 Å². The molecule has 3 rings (SSSR count). The summed E-state index contributed by atoms with van der Waals surface area (Å²) in [5.41, 5.74) is 8.93. The van der Waals surface area contributed by atoms with E-state index in [-0.39, 0.29) is 6.54 Å². The minimum atomic E-state index is -0.440. The van der Waals surface area contributed by atoms with Gasteiger partial charge in [-0.25, -0.2) is 0 Å². The molecule has 2 heterocycles. The smallest absolute Gasteiger partial charge is 0.254 e. The average Bonchev–Trinajstić information content (AvgIpc) is 2.64. The van der Waals surface area contributed by atoms with Crippen LogP contribution in [0.2, 0.25) is 0 Å². The van der Waals surface area contributed by atoms with E-state index in [9.17, 15) is 9.70 Å². The highest BCUT2D eigenvalue weighted by Gasteiger charge is 2.12. The number of nitroso groups, excluding NO2 is 1. The summed E-state index contributed by atoms with van der Waals surface area (Å²) in [5, 5.41) is 2.99. The number of carbonyl (C=O) groups is 1. The maximum Gasteiger partial charge on any atom is 0.254 e. The molecule has 6 heteroatoms. The maximum atomic E-state index is 11.3. The largest absolute Gasteiger partial charge is 0.365 e. The Labute approximate surface area is 151 Å². The molecule has 6 nitrogen and oxygen atoms in total.